The topological polar surface area (TPSA) is 55.8 Å². The monoisotopic (exact) mass is 718 g/mol. The van der Waals surface area contributed by atoms with Crippen LogP contribution < -0.4 is 9.47 Å². The second kappa shape index (κ2) is 10.6. The van der Waals surface area contributed by atoms with Gasteiger partial charge in [-0.3, -0.25) is 0 Å². The van der Waals surface area contributed by atoms with Crippen molar-refractivity contribution in [2.75, 3.05) is 6.61 Å². The molecule has 1 fully saturated rings. The molecular weight excluding hydrogens is 697 g/mol. The van der Waals surface area contributed by atoms with E-state index in [4.69, 9.17) is 9.47 Å². The molecule has 150 valence electrons. The predicted molar refractivity (Wildman–Crippen MR) is 134 cm³/mol. The van der Waals surface area contributed by atoms with Crippen molar-refractivity contribution in [1.82, 2.24) is 0 Å². The van der Waals surface area contributed by atoms with Crippen molar-refractivity contribution in [2.45, 2.75) is 38.7 Å². The molecule has 1 aliphatic rings. The second-order valence-corrected chi connectivity index (χ2v) is 10.4. The van der Waals surface area contributed by atoms with Crippen molar-refractivity contribution in [3.05, 3.63) is 52.2 Å². The summed E-state index contributed by atoms with van der Waals surface area (Å²) in [6.45, 7) is 0.991. The van der Waals surface area contributed by atoms with E-state index >= 15 is 0 Å². The minimum absolute atomic E-state index is 0.171. The Morgan fingerprint density at radius 1 is 1.04 bits per heavy atom. The first kappa shape index (κ1) is 22.4. The Balaban J connectivity index is 1.82. The molecular formula is C21H21I3O4. The maximum Gasteiger partial charge on any atom is 0.339 e. The number of aromatic carboxylic acids is 1. The summed E-state index contributed by atoms with van der Waals surface area (Å²) in [6, 6.07) is 9.63. The van der Waals surface area contributed by atoms with Gasteiger partial charge in [-0.25, -0.2) is 4.79 Å². The van der Waals surface area contributed by atoms with E-state index in [0.29, 0.717) is 24.9 Å². The zero-order valence-corrected chi connectivity index (χ0v) is 21.7. The van der Waals surface area contributed by atoms with Crippen molar-refractivity contribution < 1.29 is 19.4 Å². The molecule has 1 saturated carbocycles. The Kier molecular flexibility index (Phi) is 8.51. The van der Waals surface area contributed by atoms with E-state index in [1.54, 1.807) is 6.07 Å². The summed E-state index contributed by atoms with van der Waals surface area (Å²) >= 11 is 6.55. The van der Waals surface area contributed by atoms with E-state index in [-0.39, 0.29) is 5.56 Å². The fourth-order valence-corrected chi connectivity index (χ4v) is 6.11. The molecule has 0 spiro atoms. The molecule has 0 atom stereocenters. The average molecular weight is 718 g/mol. The number of halogens is 3. The van der Waals surface area contributed by atoms with Crippen molar-refractivity contribution in [3.63, 3.8) is 0 Å². The standard InChI is InChI=1S/C21H21I3O4/c22-15-8-4-7-14(9-15)12-27-19-16(21(25)26)10-17(23)20(18(19)24)28-11-13-5-2-1-3-6-13/h4,7-10,13H,1-3,5-6,11-12H2,(H,25,26). The number of carbonyl (C=O) groups is 1. The summed E-state index contributed by atoms with van der Waals surface area (Å²) in [7, 11) is 0. The fourth-order valence-electron chi connectivity index (χ4n) is 3.35. The van der Waals surface area contributed by atoms with Gasteiger partial charge in [0.2, 0.25) is 0 Å². The largest absolute Gasteiger partial charge is 0.491 e. The van der Waals surface area contributed by atoms with Crippen molar-refractivity contribution in [1.29, 1.82) is 0 Å². The van der Waals surface area contributed by atoms with Gasteiger partial charge in [-0.15, -0.1) is 0 Å². The maximum absolute atomic E-state index is 11.8. The maximum atomic E-state index is 11.8. The van der Waals surface area contributed by atoms with Crippen LogP contribution in [0.1, 0.15) is 48.0 Å². The highest BCUT2D eigenvalue weighted by Gasteiger charge is 2.23. The summed E-state index contributed by atoms with van der Waals surface area (Å²) in [5.41, 5.74) is 1.17. The van der Waals surface area contributed by atoms with Crippen LogP contribution in [0, 0.1) is 16.6 Å². The molecule has 0 bridgehead atoms. The molecule has 28 heavy (non-hydrogen) atoms. The van der Waals surface area contributed by atoms with Crippen LogP contribution in [0.15, 0.2) is 30.3 Å². The van der Waals surface area contributed by atoms with E-state index in [2.05, 4.69) is 67.8 Å². The third-order valence-electron chi connectivity index (χ3n) is 4.82. The number of benzene rings is 2. The lowest BCUT2D eigenvalue weighted by Crippen LogP contribution is -2.16. The highest BCUT2D eigenvalue weighted by atomic mass is 127. The van der Waals surface area contributed by atoms with Crippen molar-refractivity contribution in [3.8, 4) is 11.5 Å². The first-order valence-electron chi connectivity index (χ1n) is 9.21. The molecule has 2 aromatic rings. The molecule has 0 aromatic heterocycles. The summed E-state index contributed by atoms with van der Waals surface area (Å²) in [5, 5.41) is 9.65. The highest BCUT2D eigenvalue weighted by molar-refractivity contribution is 14.1. The zero-order chi connectivity index (χ0) is 20.1. The van der Waals surface area contributed by atoms with E-state index in [0.717, 1.165) is 22.0 Å². The molecule has 2 aromatic carbocycles. The molecule has 0 radical (unpaired) electrons. The second-order valence-electron chi connectivity index (χ2n) is 6.92. The van der Waals surface area contributed by atoms with Crippen LogP contribution in [0.2, 0.25) is 0 Å². The van der Waals surface area contributed by atoms with Gasteiger partial charge in [-0.2, -0.15) is 0 Å². The molecule has 1 aliphatic carbocycles. The lowest BCUT2D eigenvalue weighted by molar-refractivity contribution is 0.0691. The van der Waals surface area contributed by atoms with E-state index in [9.17, 15) is 9.90 Å². The average Bonchev–Trinajstić information content (AvgIpc) is 2.67. The van der Waals surface area contributed by atoms with E-state index < -0.39 is 5.97 Å². The Morgan fingerprint density at radius 3 is 2.46 bits per heavy atom. The SMILES string of the molecule is O=C(O)c1cc(I)c(OCC2CCCCC2)c(I)c1OCc1cccc(I)c1. The van der Waals surface area contributed by atoms with Crippen LogP contribution in [0.4, 0.5) is 0 Å². The molecule has 1 N–H and O–H groups in total. The van der Waals surface area contributed by atoms with Gasteiger partial charge in [0.05, 0.1) is 13.7 Å². The van der Waals surface area contributed by atoms with E-state index in [1.165, 1.54) is 32.1 Å². The van der Waals surface area contributed by atoms with Crippen LogP contribution in [0.25, 0.3) is 0 Å². The molecule has 7 heteroatoms. The summed E-state index contributed by atoms with van der Waals surface area (Å²) in [6.07, 6.45) is 6.26. The van der Waals surface area contributed by atoms with E-state index in [1.807, 2.05) is 24.3 Å². The number of carboxylic acid groups (broad SMARTS) is 1. The third-order valence-corrected chi connectivity index (χ3v) is 7.27. The number of hydrogen-bond acceptors (Lipinski definition) is 3. The predicted octanol–water partition coefficient (Wildman–Crippen LogP) is 6.74. The normalized spacial score (nSPS) is 14.7. The molecule has 0 saturated heterocycles. The van der Waals surface area contributed by atoms with Crippen molar-refractivity contribution >= 4 is 73.7 Å². The first-order valence-corrected chi connectivity index (χ1v) is 12.4. The van der Waals surface area contributed by atoms with Gasteiger partial charge < -0.3 is 14.6 Å². The van der Waals surface area contributed by atoms with Crippen molar-refractivity contribution in [2.24, 2.45) is 5.92 Å². The molecule has 3 rings (SSSR count). The molecule has 0 amide bonds. The Labute approximate surface area is 206 Å². The van der Waals surface area contributed by atoms with Gasteiger partial charge in [0, 0.05) is 3.57 Å². The Morgan fingerprint density at radius 2 is 1.79 bits per heavy atom. The van der Waals surface area contributed by atoms with Gasteiger partial charge in [0.1, 0.15) is 17.9 Å². The molecule has 4 nitrogen and oxygen atoms in total. The lowest BCUT2D eigenvalue weighted by Gasteiger charge is -2.23. The molecule has 0 aliphatic heterocycles. The minimum Gasteiger partial charge on any atom is -0.491 e. The Hall–Kier alpha value is -0.300. The molecule has 0 heterocycles. The summed E-state index contributed by atoms with van der Waals surface area (Å²) in [5.74, 6) is 0.697. The first-order chi connectivity index (χ1) is 13.5. The summed E-state index contributed by atoms with van der Waals surface area (Å²) < 4.78 is 14.8. The smallest absolute Gasteiger partial charge is 0.339 e. The number of carboxylic acids is 1. The van der Waals surface area contributed by atoms with Crippen LogP contribution >= 0.6 is 67.8 Å². The van der Waals surface area contributed by atoms with Crippen LogP contribution in [0.5, 0.6) is 11.5 Å². The minimum atomic E-state index is -0.993. The Bertz CT molecular complexity index is 848. The number of hydrogen-bond donors (Lipinski definition) is 1. The van der Waals surface area contributed by atoms with Gasteiger partial charge in [0.15, 0.2) is 5.75 Å². The zero-order valence-electron chi connectivity index (χ0n) is 15.2. The lowest BCUT2D eigenvalue weighted by atomic mass is 9.90. The van der Waals surface area contributed by atoms with Crippen LogP contribution in [0.3, 0.4) is 0 Å². The van der Waals surface area contributed by atoms with Gasteiger partial charge in [-0.05, 0) is 110 Å². The highest BCUT2D eigenvalue weighted by Crippen LogP contribution is 2.39. The quantitative estimate of drug-likeness (QED) is 0.323. The summed E-state index contributed by atoms with van der Waals surface area (Å²) in [4.78, 5) is 11.8. The van der Waals surface area contributed by atoms with Gasteiger partial charge in [0.25, 0.3) is 0 Å². The van der Waals surface area contributed by atoms with Crippen LogP contribution in [-0.2, 0) is 6.61 Å². The third kappa shape index (κ3) is 5.87. The van der Waals surface area contributed by atoms with Gasteiger partial charge >= 0.3 is 5.97 Å². The number of ether oxygens (including phenoxy) is 2. The molecule has 0 unspecified atom stereocenters. The van der Waals surface area contributed by atoms with Crippen LogP contribution in [-0.4, -0.2) is 17.7 Å². The fraction of sp³-hybridized carbons (Fsp3) is 0.381. The number of rotatable bonds is 7. The van der Waals surface area contributed by atoms with Gasteiger partial charge in [-0.1, -0.05) is 31.4 Å².